The van der Waals surface area contributed by atoms with E-state index < -0.39 is 0 Å². The lowest BCUT2D eigenvalue weighted by molar-refractivity contribution is -0.117. The molecular formula is C18H20N2O. The number of amides is 1. The Kier molecular flexibility index (Phi) is 3.74. The van der Waals surface area contributed by atoms with Gasteiger partial charge in [0.2, 0.25) is 5.91 Å². The third kappa shape index (κ3) is 3.13. The second kappa shape index (κ2) is 5.68. The first kappa shape index (κ1) is 13.8. The summed E-state index contributed by atoms with van der Waals surface area (Å²) in [5, 5.41) is 0. The second-order valence-electron chi connectivity index (χ2n) is 5.89. The molecule has 21 heavy (non-hydrogen) atoms. The van der Waals surface area contributed by atoms with Crippen LogP contribution in [0.5, 0.6) is 0 Å². The molecule has 1 aliphatic heterocycles. The summed E-state index contributed by atoms with van der Waals surface area (Å²) in [5.41, 5.74) is 4.38. The Bertz CT molecular complexity index is 631. The van der Waals surface area contributed by atoms with E-state index in [1.807, 2.05) is 42.2 Å². The van der Waals surface area contributed by atoms with Crippen LogP contribution in [0.15, 0.2) is 42.5 Å². The number of pyridine rings is 1. The van der Waals surface area contributed by atoms with Crippen molar-refractivity contribution < 1.29 is 4.79 Å². The Morgan fingerprint density at radius 1 is 1.19 bits per heavy atom. The first-order chi connectivity index (χ1) is 10.1. The summed E-state index contributed by atoms with van der Waals surface area (Å²) in [6, 6.07) is 14.1. The molecule has 0 radical (unpaired) electrons. The predicted molar refractivity (Wildman–Crippen MR) is 84.3 cm³/mol. The largest absolute Gasteiger partial charge is 0.312 e. The maximum absolute atomic E-state index is 12.2. The number of para-hydroxylation sites is 1. The first-order valence-electron chi connectivity index (χ1n) is 7.41. The first-order valence-corrected chi connectivity index (χ1v) is 7.41. The molecule has 0 aliphatic carbocycles. The van der Waals surface area contributed by atoms with Crippen molar-refractivity contribution in [2.45, 2.75) is 26.7 Å². The van der Waals surface area contributed by atoms with Crippen LogP contribution in [0, 0.1) is 19.8 Å². The third-order valence-electron chi connectivity index (χ3n) is 3.92. The number of hydrogen-bond acceptors (Lipinski definition) is 2. The number of benzene rings is 1. The van der Waals surface area contributed by atoms with Gasteiger partial charge in [0, 0.05) is 30.0 Å². The molecule has 1 atom stereocenters. The van der Waals surface area contributed by atoms with Crippen molar-refractivity contribution in [1.29, 1.82) is 0 Å². The summed E-state index contributed by atoms with van der Waals surface area (Å²) in [6.45, 7) is 4.90. The van der Waals surface area contributed by atoms with Crippen LogP contribution >= 0.6 is 0 Å². The van der Waals surface area contributed by atoms with Gasteiger partial charge in [0.05, 0.1) is 0 Å². The summed E-state index contributed by atoms with van der Waals surface area (Å²) in [6.07, 6.45) is 1.49. The minimum absolute atomic E-state index is 0.218. The van der Waals surface area contributed by atoms with Crippen LogP contribution in [-0.4, -0.2) is 17.4 Å². The highest BCUT2D eigenvalue weighted by Gasteiger charge is 2.30. The number of carbonyl (C=O) groups excluding carboxylic acids is 1. The smallest absolute Gasteiger partial charge is 0.227 e. The number of rotatable bonds is 3. The quantitative estimate of drug-likeness (QED) is 0.864. The van der Waals surface area contributed by atoms with Crippen molar-refractivity contribution in [1.82, 2.24) is 4.98 Å². The number of aryl methyl sites for hydroxylation is 2. The van der Waals surface area contributed by atoms with Crippen molar-refractivity contribution >= 4 is 11.6 Å². The summed E-state index contributed by atoms with van der Waals surface area (Å²) < 4.78 is 0. The molecule has 0 N–H and O–H groups in total. The van der Waals surface area contributed by atoms with Crippen LogP contribution in [0.1, 0.15) is 23.4 Å². The highest BCUT2D eigenvalue weighted by Crippen LogP contribution is 2.27. The van der Waals surface area contributed by atoms with Gasteiger partial charge >= 0.3 is 0 Å². The van der Waals surface area contributed by atoms with Crippen molar-refractivity contribution in [2.24, 2.45) is 5.92 Å². The molecule has 0 saturated carbocycles. The van der Waals surface area contributed by atoms with Gasteiger partial charge in [-0.3, -0.25) is 9.78 Å². The minimum Gasteiger partial charge on any atom is -0.312 e. The second-order valence-corrected chi connectivity index (χ2v) is 5.89. The average Bonchev–Trinajstić information content (AvgIpc) is 2.79. The van der Waals surface area contributed by atoms with Crippen LogP contribution in [-0.2, 0) is 11.2 Å². The highest BCUT2D eigenvalue weighted by molar-refractivity contribution is 5.95. The summed E-state index contributed by atoms with van der Waals surface area (Å²) in [5.74, 6) is 0.571. The lowest BCUT2D eigenvalue weighted by Gasteiger charge is -2.16. The molecule has 1 aliphatic rings. The maximum Gasteiger partial charge on any atom is 0.227 e. The van der Waals surface area contributed by atoms with E-state index in [0.29, 0.717) is 12.3 Å². The van der Waals surface area contributed by atoms with E-state index in [2.05, 4.69) is 24.0 Å². The van der Waals surface area contributed by atoms with Gasteiger partial charge in [-0.1, -0.05) is 18.2 Å². The van der Waals surface area contributed by atoms with Gasteiger partial charge in [-0.2, -0.15) is 0 Å². The predicted octanol–water partition coefficient (Wildman–Crippen LogP) is 3.29. The number of aromatic nitrogens is 1. The van der Waals surface area contributed by atoms with E-state index in [4.69, 9.17) is 0 Å². The molecule has 2 heterocycles. The summed E-state index contributed by atoms with van der Waals surface area (Å²) in [7, 11) is 0. The van der Waals surface area contributed by atoms with Gasteiger partial charge in [-0.15, -0.1) is 0 Å². The molecule has 3 rings (SSSR count). The molecule has 108 valence electrons. The molecule has 3 heteroatoms. The van der Waals surface area contributed by atoms with Gasteiger partial charge < -0.3 is 4.90 Å². The standard InChI is InChI=1S/C18H20N2O/c1-13-8-14(2)19-16(9-13)10-15-11-18(21)20(12-15)17-6-4-3-5-7-17/h3-9,15H,10-12H2,1-2H3. The molecule has 3 nitrogen and oxygen atoms in total. The van der Waals surface area contributed by atoms with Gasteiger partial charge in [-0.05, 0) is 56.0 Å². The Labute approximate surface area is 125 Å². The monoisotopic (exact) mass is 280 g/mol. The van der Waals surface area contributed by atoms with E-state index in [-0.39, 0.29) is 5.91 Å². The molecule has 1 unspecified atom stereocenters. The zero-order valence-corrected chi connectivity index (χ0v) is 12.5. The zero-order chi connectivity index (χ0) is 14.8. The van der Waals surface area contributed by atoms with Crippen molar-refractivity contribution in [3.63, 3.8) is 0 Å². The molecule has 1 aromatic heterocycles. The van der Waals surface area contributed by atoms with Crippen LogP contribution in [0.2, 0.25) is 0 Å². The molecule has 0 spiro atoms. The summed E-state index contributed by atoms with van der Waals surface area (Å²) in [4.78, 5) is 18.7. The number of hydrogen-bond donors (Lipinski definition) is 0. The third-order valence-corrected chi connectivity index (χ3v) is 3.92. The van der Waals surface area contributed by atoms with Crippen LogP contribution in [0.4, 0.5) is 5.69 Å². The SMILES string of the molecule is Cc1cc(C)nc(CC2CC(=O)N(c3ccccc3)C2)c1. The van der Waals surface area contributed by atoms with Gasteiger partial charge in [0.1, 0.15) is 0 Å². The summed E-state index contributed by atoms with van der Waals surface area (Å²) >= 11 is 0. The minimum atomic E-state index is 0.218. The average molecular weight is 280 g/mol. The van der Waals surface area contributed by atoms with E-state index in [9.17, 15) is 4.79 Å². The molecule has 1 amide bonds. The molecular weight excluding hydrogens is 260 g/mol. The fraction of sp³-hybridized carbons (Fsp3) is 0.333. The molecule has 1 fully saturated rings. The van der Waals surface area contributed by atoms with Crippen LogP contribution in [0.25, 0.3) is 0 Å². The van der Waals surface area contributed by atoms with Crippen molar-refractivity contribution in [3.05, 3.63) is 59.4 Å². The van der Waals surface area contributed by atoms with Gasteiger partial charge in [0.25, 0.3) is 0 Å². The normalized spacial score (nSPS) is 18.3. The Balaban J connectivity index is 1.73. The molecule has 1 saturated heterocycles. The fourth-order valence-corrected chi connectivity index (χ4v) is 3.10. The van der Waals surface area contributed by atoms with E-state index in [0.717, 1.165) is 30.0 Å². The van der Waals surface area contributed by atoms with Gasteiger partial charge in [0.15, 0.2) is 0 Å². The Morgan fingerprint density at radius 3 is 2.67 bits per heavy atom. The molecule has 1 aromatic carbocycles. The lowest BCUT2D eigenvalue weighted by atomic mass is 10.0. The van der Waals surface area contributed by atoms with Gasteiger partial charge in [-0.25, -0.2) is 0 Å². The van der Waals surface area contributed by atoms with Crippen LogP contribution in [0.3, 0.4) is 0 Å². The molecule has 0 bridgehead atoms. The van der Waals surface area contributed by atoms with E-state index >= 15 is 0 Å². The Hall–Kier alpha value is -2.16. The van der Waals surface area contributed by atoms with Crippen molar-refractivity contribution in [3.8, 4) is 0 Å². The van der Waals surface area contributed by atoms with E-state index in [1.54, 1.807) is 0 Å². The number of nitrogens with zero attached hydrogens (tertiary/aromatic N) is 2. The topological polar surface area (TPSA) is 33.2 Å². The lowest BCUT2D eigenvalue weighted by Crippen LogP contribution is -2.24. The molecule has 2 aromatic rings. The zero-order valence-electron chi connectivity index (χ0n) is 12.5. The van der Waals surface area contributed by atoms with E-state index in [1.165, 1.54) is 5.56 Å². The number of anilines is 1. The Morgan fingerprint density at radius 2 is 1.95 bits per heavy atom. The van der Waals surface area contributed by atoms with Crippen molar-refractivity contribution in [2.75, 3.05) is 11.4 Å². The van der Waals surface area contributed by atoms with Crippen LogP contribution < -0.4 is 4.90 Å². The maximum atomic E-state index is 12.2. The fourth-order valence-electron chi connectivity index (χ4n) is 3.10. The highest BCUT2D eigenvalue weighted by atomic mass is 16.2. The number of carbonyl (C=O) groups is 1.